The molecule has 0 aliphatic rings. The van der Waals surface area contributed by atoms with E-state index < -0.39 is 11.9 Å². The van der Waals surface area contributed by atoms with Crippen LogP contribution in [0.25, 0.3) is 22.5 Å². The SMILES string of the molecule is O=C(O)c1ccc(-c2cc(C(=O)O)cnc2-c2ccccn2)cc1. The summed E-state index contributed by atoms with van der Waals surface area (Å²) < 4.78 is 0. The molecule has 0 unspecified atom stereocenters. The van der Waals surface area contributed by atoms with Crippen molar-refractivity contribution in [3.05, 3.63) is 72.1 Å². The minimum absolute atomic E-state index is 0.0481. The summed E-state index contributed by atoms with van der Waals surface area (Å²) in [4.78, 5) is 30.7. The average Bonchev–Trinajstić information content (AvgIpc) is 2.62. The van der Waals surface area contributed by atoms with Crippen LogP contribution in [0.3, 0.4) is 0 Å². The van der Waals surface area contributed by atoms with Crippen LogP contribution in [0.15, 0.2) is 60.9 Å². The largest absolute Gasteiger partial charge is 0.478 e. The normalized spacial score (nSPS) is 10.3. The van der Waals surface area contributed by atoms with Crippen molar-refractivity contribution in [1.82, 2.24) is 9.97 Å². The van der Waals surface area contributed by atoms with Crippen molar-refractivity contribution in [3.63, 3.8) is 0 Å². The first kappa shape index (κ1) is 15.4. The number of pyridine rings is 2. The van der Waals surface area contributed by atoms with Crippen LogP contribution in [-0.2, 0) is 0 Å². The fourth-order valence-corrected chi connectivity index (χ4v) is 2.30. The molecule has 2 N–H and O–H groups in total. The van der Waals surface area contributed by atoms with Gasteiger partial charge in [0.25, 0.3) is 0 Å². The Hall–Kier alpha value is -3.54. The molecule has 6 heteroatoms. The maximum absolute atomic E-state index is 11.2. The van der Waals surface area contributed by atoms with Crippen molar-refractivity contribution in [2.75, 3.05) is 0 Å². The Morgan fingerprint density at radius 2 is 1.54 bits per heavy atom. The van der Waals surface area contributed by atoms with Crippen LogP contribution >= 0.6 is 0 Å². The average molecular weight is 320 g/mol. The second kappa shape index (κ2) is 6.29. The zero-order valence-electron chi connectivity index (χ0n) is 12.4. The first-order valence-electron chi connectivity index (χ1n) is 7.05. The molecule has 3 aromatic rings. The van der Waals surface area contributed by atoms with Gasteiger partial charge in [-0.1, -0.05) is 18.2 Å². The van der Waals surface area contributed by atoms with Crippen molar-refractivity contribution < 1.29 is 19.8 Å². The standard InChI is InChI=1S/C18H12N2O4/c21-17(22)12-6-4-11(5-7-12)14-9-13(18(23)24)10-20-16(14)15-3-1-2-8-19-15/h1-10H,(H,21,22)(H,23,24). The van der Waals surface area contributed by atoms with Crippen LogP contribution in [0.1, 0.15) is 20.7 Å². The Morgan fingerprint density at radius 1 is 0.833 bits per heavy atom. The molecule has 2 aromatic heterocycles. The van der Waals surface area contributed by atoms with Crippen molar-refractivity contribution >= 4 is 11.9 Å². The number of hydrogen-bond donors (Lipinski definition) is 2. The van der Waals surface area contributed by atoms with Crippen LogP contribution in [-0.4, -0.2) is 32.1 Å². The van der Waals surface area contributed by atoms with Gasteiger partial charge in [0.05, 0.1) is 22.5 Å². The van der Waals surface area contributed by atoms with Crippen LogP contribution in [0, 0.1) is 0 Å². The third kappa shape index (κ3) is 2.98. The van der Waals surface area contributed by atoms with Crippen molar-refractivity contribution in [3.8, 4) is 22.5 Å². The van der Waals surface area contributed by atoms with Crippen LogP contribution in [0.2, 0.25) is 0 Å². The second-order valence-corrected chi connectivity index (χ2v) is 5.02. The number of benzene rings is 1. The smallest absolute Gasteiger partial charge is 0.337 e. The van der Waals surface area contributed by atoms with Crippen molar-refractivity contribution in [2.45, 2.75) is 0 Å². The Kier molecular flexibility index (Phi) is 4.03. The molecule has 0 spiro atoms. The third-order valence-corrected chi connectivity index (χ3v) is 3.49. The molecule has 2 heterocycles. The van der Waals surface area contributed by atoms with Gasteiger partial charge in [-0.3, -0.25) is 9.97 Å². The lowest BCUT2D eigenvalue weighted by atomic mass is 9.99. The zero-order valence-corrected chi connectivity index (χ0v) is 12.4. The summed E-state index contributed by atoms with van der Waals surface area (Å²) in [5.74, 6) is -2.11. The number of carbonyl (C=O) groups is 2. The molecule has 6 nitrogen and oxygen atoms in total. The van der Waals surface area contributed by atoms with Gasteiger partial charge < -0.3 is 10.2 Å². The second-order valence-electron chi connectivity index (χ2n) is 5.02. The van der Waals surface area contributed by atoms with Gasteiger partial charge in [0.2, 0.25) is 0 Å². The summed E-state index contributed by atoms with van der Waals surface area (Å²) in [6.07, 6.45) is 2.90. The number of hydrogen-bond acceptors (Lipinski definition) is 4. The summed E-state index contributed by atoms with van der Waals surface area (Å²) in [5, 5.41) is 18.2. The minimum Gasteiger partial charge on any atom is -0.478 e. The number of rotatable bonds is 4. The molecule has 0 saturated carbocycles. The van der Waals surface area contributed by atoms with E-state index in [0.29, 0.717) is 22.5 Å². The Labute approximate surface area is 137 Å². The summed E-state index contributed by atoms with van der Waals surface area (Å²) in [7, 11) is 0. The van der Waals surface area contributed by atoms with E-state index in [4.69, 9.17) is 5.11 Å². The van der Waals surface area contributed by atoms with Gasteiger partial charge in [-0.05, 0) is 35.9 Å². The molecule has 1 aromatic carbocycles. The maximum Gasteiger partial charge on any atom is 0.337 e. The summed E-state index contributed by atoms with van der Waals surface area (Å²) >= 11 is 0. The van der Waals surface area contributed by atoms with Crippen molar-refractivity contribution in [1.29, 1.82) is 0 Å². The highest BCUT2D eigenvalue weighted by Crippen LogP contribution is 2.30. The molecule has 0 radical (unpaired) electrons. The van der Waals surface area contributed by atoms with Crippen molar-refractivity contribution in [2.24, 2.45) is 0 Å². The third-order valence-electron chi connectivity index (χ3n) is 3.49. The fourth-order valence-electron chi connectivity index (χ4n) is 2.30. The summed E-state index contributed by atoms with van der Waals surface area (Å²) in [6.45, 7) is 0. The van der Waals surface area contributed by atoms with Crippen LogP contribution in [0.4, 0.5) is 0 Å². The molecule has 0 amide bonds. The molecule has 0 saturated heterocycles. The lowest BCUT2D eigenvalue weighted by Crippen LogP contribution is -2.01. The number of carboxylic acids is 2. The van der Waals surface area contributed by atoms with E-state index in [1.807, 2.05) is 6.07 Å². The topological polar surface area (TPSA) is 100 Å². The van der Waals surface area contributed by atoms with E-state index in [9.17, 15) is 14.7 Å². The minimum atomic E-state index is -1.08. The molecule has 24 heavy (non-hydrogen) atoms. The molecular formula is C18H12N2O4. The number of aromatic nitrogens is 2. The van der Waals surface area contributed by atoms with Gasteiger partial charge in [-0.15, -0.1) is 0 Å². The highest BCUT2D eigenvalue weighted by Gasteiger charge is 2.14. The van der Waals surface area contributed by atoms with E-state index in [0.717, 1.165) is 0 Å². The zero-order chi connectivity index (χ0) is 17.1. The molecule has 0 bridgehead atoms. The molecule has 0 fully saturated rings. The van der Waals surface area contributed by atoms with E-state index in [1.54, 1.807) is 30.5 Å². The lowest BCUT2D eigenvalue weighted by Gasteiger charge is -2.10. The molecule has 0 atom stereocenters. The molecule has 0 aliphatic heterocycles. The van der Waals surface area contributed by atoms with Crippen LogP contribution < -0.4 is 0 Å². The monoisotopic (exact) mass is 320 g/mol. The van der Waals surface area contributed by atoms with Gasteiger partial charge in [0.1, 0.15) is 0 Å². The highest BCUT2D eigenvalue weighted by atomic mass is 16.4. The number of nitrogens with zero attached hydrogens (tertiary/aromatic N) is 2. The van der Waals surface area contributed by atoms with Gasteiger partial charge >= 0.3 is 11.9 Å². The van der Waals surface area contributed by atoms with E-state index in [1.165, 1.54) is 24.4 Å². The quantitative estimate of drug-likeness (QED) is 0.765. The fraction of sp³-hybridized carbons (Fsp3) is 0. The van der Waals surface area contributed by atoms with Gasteiger partial charge in [-0.25, -0.2) is 9.59 Å². The molecular weight excluding hydrogens is 308 g/mol. The van der Waals surface area contributed by atoms with Gasteiger partial charge in [-0.2, -0.15) is 0 Å². The summed E-state index contributed by atoms with van der Waals surface area (Å²) in [5.41, 5.74) is 2.57. The predicted octanol–water partition coefficient (Wildman–Crippen LogP) is 3.21. The molecule has 3 rings (SSSR count). The van der Waals surface area contributed by atoms with Gasteiger partial charge in [0, 0.05) is 18.0 Å². The van der Waals surface area contributed by atoms with E-state index >= 15 is 0 Å². The molecule has 0 aliphatic carbocycles. The Morgan fingerprint density at radius 3 is 2.12 bits per heavy atom. The lowest BCUT2D eigenvalue weighted by molar-refractivity contribution is 0.0686. The molecule has 118 valence electrons. The Bertz CT molecular complexity index is 906. The van der Waals surface area contributed by atoms with E-state index in [2.05, 4.69) is 9.97 Å². The Balaban J connectivity index is 2.18. The van der Waals surface area contributed by atoms with Crippen LogP contribution in [0.5, 0.6) is 0 Å². The highest BCUT2D eigenvalue weighted by molar-refractivity contribution is 5.92. The summed E-state index contributed by atoms with van der Waals surface area (Å²) in [6, 6.07) is 13.0. The number of carboxylic acid groups (broad SMARTS) is 2. The number of aromatic carboxylic acids is 2. The van der Waals surface area contributed by atoms with Gasteiger partial charge in [0.15, 0.2) is 0 Å². The first-order chi connectivity index (χ1) is 11.6. The predicted molar refractivity (Wildman–Crippen MR) is 86.8 cm³/mol. The van der Waals surface area contributed by atoms with E-state index in [-0.39, 0.29) is 11.1 Å². The first-order valence-corrected chi connectivity index (χ1v) is 7.05. The maximum atomic E-state index is 11.2.